The summed E-state index contributed by atoms with van der Waals surface area (Å²) >= 11 is 0. The minimum atomic E-state index is -0.351. The normalized spacial score (nSPS) is 23.9. The van der Waals surface area contributed by atoms with Gasteiger partial charge in [-0.05, 0) is 47.0 Å². The molecular formula is C13H26N2O3. The standard InChI is InChI=1S/C13H26N2O3/c1-12(2)8-10(9-13(3,4)15(12)18)14-11(17)6-5-7-16/h10,16,18H,5-9H2,1-4H3,(H,14,17). The number of carbonyl (C=O) groups is 1. The van der Waals surface area contributed by atoms with Crippen molar-refractivity contribution in [3.05, 3.63) is 0 Å². The molecule has 1 aliphatic heterocycles. The summed E-state index contributed by atoms with van der Waals surface area (Å²) in [6, 6.07) is 0.0737. The second-order valence-electron chi connectivity index (χ2n) is 6.44. The van der Waals surface area contributed by atoms with Crippen LogP contribution in [-0.2, 0) is 4.79 Å². The van der Waals surface area contributed by atoms with Crippen LogP contribution in [0, 0.1) is 0 Å². The molecule has 0 radical (unpaired) electrons. The number of rotatable bonds is 4. The van der Waals surface area contributed by atoms with E-state index in [0.717, 1.165) is 12.8 Å². The van der Waals surface area contributed by atoms with Gasteiger partial charge < -0.3 is 15.6 Å². The van der Waals surface area contributed by atoms with Crippen molar-refractivity contribution in [1.29, 1.82) is 0 Å². The van der Waals surface area contributed by atoms with Crippen molar-refractivity contribution in [1.82, 2.24) is 10.4 Å². The minimum Gasteiger partial charge on any atom is -0.396 e. The summed E-state index contributed by atoms with van der Waals surface area (Å²) in [5.41, 5.74) is -0.701. The Labute approximate surface area is 109 Å². The highest BCUT2D eigenvalue weighted by Crippen LogP contribution is 2.36. The SMILES string of the molecule is CC1(C)CC(NC(=O)CCCO)CC(C)(C)N1O. The molecule has 0 bridgehead atoms. The van der Waals surface area contributed by atoms with Crippen LogP contribution in [0.25, 0.3) is 0 Å². The molecule has 1 aliphatic rings. The fraction of sp³-hybridized carbons (Fsp3) is 0.923. The Hall–Kier alpha value is -0.650. The molecule has 0 spiro atoms. The van der Waals surface area contributed by atoms with Crippen molar-refractivity contribution in [2.45, 2.75) is 70.5 Å². The lowest BCUT2D eigenvalue weighted by Gasteiger charge is -2.51. The molecule has 1 rings (SSSR count). The van der Waals surface area contributed by atoms with Gasteiger partial charge in [0, 0.05) is 30.1 Å². The van der Waals surface area contributed by atoms with E-state index in [9.17, 15) is 10.0 Å². The number of hydrogen-bond donors (Lipinski definition) is 3. The van der Waals surface area contributed by atoms with Crippen LogP contribution in [0.5, 0.6) is 0 Å². The van der Waals surface area contributed by atoms with Gasteiger partial charge in [-0.25, -0.2) is 0 Å². The molecule has 106 valence electrons. The Bertz CT molecular complexity index is 285. The first kappa shape index (κ1) is 15.4. The zero-order chi connectivity index (χ0) is 14.0. The fourth-order valence-electron chi connectivity index (χ4n) is 2.91. The van der Waals surface area contributed by atoms with E-state index in [1.807, 2.05) is 27.7 Å². The van der Waals surface area contributed by atoms with Gasteiger partial charge in [0.05, 0.1) is 0 Å². The number of nitrogens with one attached hydrogen (secondary N) is 1. The Kier molecular flexibility index (Phi) is 4.75. The average Bonchev–Trinajstić information content (AvgIpc) is 2.22. The lowest BCUT2D eigenvalue weighted by atomic mass is 9.79. The second-order valence-corrected chi connectivity index (χ2v) is 6.44. The van der Waals surface area contributed by atoms with Gasteiger partial charge in [0.1, 0.15) is 0 Å². The third kappa shape index (κ3) is 3.67. The highest BCUT2D eigenvalue weighted by Gasteiger charge is 2.45. The molecule has 0 saturated carbocycles. The number of hydroxylamine groups is 2. The van der Waals surface area contributed by atoms with Gasteiger partial charge in [-0.2, -0.15) is 5.06 Å². The smallest absolute Gasteiger partial charge is 0.220 e. The van der Waals surface area contributed by atoms with Gasteiger partial charge in [0.2, 0.25) is 5.91 Å². The van der Waals surface area contributed by atoms with Crippen LogP contribution in [0.2, 0.25) is 0 Å². The van der Waals surface area contributed by atoms with Crippen molar-refractivity contribution in [3.63, 3.8) is 0 Å². The van der Waals surface area contributed by atoms with Crippen LogP contribution in [-0.4, -0.2) is 45.0 Å². The lowest BCUT2D eigenvalue weighted by molar-refractivity contribution is -0.246. The van der Waals surface area contributed by atoms with Gasteiger partial charge in [0.25, 0.3) is 0 Å². The summed E-state index contributed by atoms with van der Waals surface area (Å²) in [4.78, 5) is 11.7. The largest absolute Gasteiger partial charge is 0.396 e. The Balaban J connectivity index is 2.61. The zero-order valence-corrected chi connectivity index (χ0v) is 11.9. The molecule has 1 fully saturated rings. The molecule has 0 aromatic rings. The zero-order valence-electron chi connectivity index (χ0n) is 11.9. The maximum atomic E-state index is 11.7. The summed E-state index contributed by atoms with van der Waals surface area (Å²) in [5.74, 6) is -0.0213. The maximum Gasteiger partial charge on any atom is 0.220 e. The van der Waals surface area contributed by atoms with Crippen LogP contribution in [0.4, 0.5) is 0 Å². The number of hydrogen-bond acceptors (Lipinski definition) is 4. The molecule has 0 unspecified atom stereocenters. The molecule has 0 aromatic carbocycles. The van der Waals surface area contributed by atoms with Crippen molar-refractivity contribution in [3.8, 4) is 0 Å². The second kappa shape index (κ2) is 5.55. The predicted octanol–water partition coefficient (Wildman–Crippen LogP) is 1.29. The summed E-state index contributed by atoms with van der Waals surface area (Å²) in [6.45, 7) is 7.93. The first-order chi connectivity index (χ1) is 8.19. The topological polar surface area (TPSA) is 72.8 Å². The van der Waals surface area contributed by atoms with Gasteiger partial charge >= 0.3 is 0 Å². The van der Waals surface area contributed by atoms with Gasteiger partial charge in [-0.15, -0.1) is 0 Å². The molecule has 18 heavy (non-hydrogen) atoms. The Morgan fingerprint density at radius 3 is 2.22 bits per heavy atom. The van der Waals surface area contributed by atoms with E-state index in [1.165, 1.54) is 5.06 Å². The highest BCUT2D eigenvalue weighted by molar-refractivity contribution is 5.76. The van der Waals surface area contributed by atoms with E-state index in [-0.39, 0.29) is 29.6 Å². The van der Waals surface area contributed by atoms with Crippen LogP contribution >= 0.6 is 0 Å². The number of amides is 1. The molecule has 5 nitrogen and oxygen atoms in total. The number of nitrogens with zero attached hydrogens (tertiary/aromatic N) is 1. The van der Waals surface area contributed by atoms with Gasteiger partial charge in [0.15, 0.2) is 0 Å². The molecule has 5 heteroatoms. The monoisotopic (exact) mass is 258 g/mol. The number of piperidine rings is 1. The van der Waals surface area contributed by atoms with Crippen LogP contribution in [0.1, 0.15) is 53.4 Å². The number of aliphatic hydroxyl groups is 1. The molecule has 1 saturated heterocycles. The van der Waals surface area contributed by atoms with Crippen molar-refractivity contribution >= 4 is 5.91 Å². The van der Waals surface area contributed by atoms with Gasteiger partial charge in [-0.1, -0.05) is 0 Å². The highest BCUT2D eigenvalue weighted by atomic mass is 16.5. The summed E-state index contributed by atoms with van der Waals surface area (Å²) in [7, 11) is 0. The van der Waals surface area contributed by atoms with Crippen molar-refractivity contribution in [2.24, 2.45) is 0 Å². The summed E-state index contributed by atoms with van der Waals surface area (Å²) in [5, 5.41) is 23.2. The molecular weight excluding hydrogens is 232 g/mol. The average molecular weight is 258 g/mol. The van der Waals surface area contributed by atoms with E-state index in [2.05, 4.69) is 5.32 Å². The number of aliphatic hydroxyl groups excluding tert-OH is 1. The predicted molar refractivity (Wildman–Crippen MR) is 69.3 cm³/mol. The van der Waals surface area contributed by atoms with E-state index in [0.29, 0.717) is 12.8 Å². The molecule has 0 atom stereocenters. The molecule has 1 amide bonds. The third-order valence-corrected chi connectivity index (χ3v) is 3.57. The molecule has 0 aliphatic carbocycles. The summed E-state index contributed by atoms with van der Waals surface area (Å²) < 4.78 is 0. The van der Waals surface area contributed by atoms with Crippen molar-refractivity contribution in [2.75, 3.05) is 6.61 Å². The molecule has 3 N–H and O–H groups in total. The first-order valence-corrected chi connectivity index (χ1v) is 6.58. The third-order valence-electron chi connectivity index (χ3n) is 3.57. The molecule has 0 aromatic heterocycles. The maximum absolute atomic E-state index is 11.7. The van der Waals surface area contributed by atoms with Crippen molar-refractivity contribution < 1.29 is 15.1 Å². The minimum absolute atomic E-state index is 0.0213. The Morgan fingerprint density at radius 2 is 1.78 bits per heavy atom. The van der Waals surface area contributed by atoms with E-state index >= 15 is 0 Å². The van der Waals surface area contributed by atoms with E-state index < -0.39 is 0 Å². The fourth-order valence-corrected chi connectivity index (χ4v) is 2.91. The van der Waals surface area contributed by atoms with Crippen LogP contribution in [0.15, 0.2) is 0 Å². The summed E-state index contributed by atoms with van der Waals surface area (Å²) in [6.07, 6.45) is 2.30. The first-order valence-electron chi connectivity index (χ1n) is 6.58. The Morgan fingerprint density at radius 1 is 1.28 bits per heavy atom. The van der Waals surface area contributed by atoms with E-state index in [4.69, 9.17) is 5.11 Å². The van der Waals surface area contributed by atoms with Crippen LogP contribution in [0.3, 0.4) is 0 Å². The lowest BCUT2D eigenvalue weighted by Crippen LogP contribution is -2.62. The van der Waals surface area contributed by atoms with Gasteiger partial charge in [-0.3, -0.25) is 4.79 Å². The molecule has 1 heterocycles. The van der Waals surface area contributed by atoms with E-state index in [1.54, 1.807) is 0 Å². The van der Waals surface area contributed by atoms with Crippen LogP contribution < -0.4 is 5.32 Å². The quantitative estimate of drug-likeness (QED) is 0.710. The number of carbonyl (C=O) groups excluding carboxylic acids is 1.